The molecule has 78 valence electrons. The van der Waals surface area contributed by atoms with Gasteiger partial charge >= 0.3 is 0 Å². The van der Waals surface area contributed by atoms with Gasteiger partial charge in [-0.25, -0.2) is 4.98 Å². The molecule has 3 atom stereocenters. The van der Waals surface area contributed by atoms with Crippen molar-refractivity contribution in [2.45, 2.75) is 31.9 Å². The first-order valence-electron chi connectivity index (χ1n) is 5.07. The normalized spacial score (nSPS) is 30.1. The molecule has 2 rings (SSSR count). The van der Waals surface area contributed by atoms with Crippen molar-refractivity contribution in [1.29, 1.82) is 0 Å². The Balaban J connectivity index is 2.00. The summed E-state index contributed by atoms with van der Waals surface area (Å²) in [6.07, 6.45) is 1.81. The fraction of sp³-hybridized carbons (Fsp3) is 0.700. The van der Waals surface area contributed by atoms with Gasteiger partial charge < -0.3 is 10.4 Å². The molecule has 14 heavy (non-hydrogen) atoms. The summed E-state index contributed by atoms with van der Waals surface area (Å²) in [5.41, 5.74) is 2.58. The summed E-state index contributed by atoms with van der Waals surface area (Å²) >= 11 is 1.53. The summed E-state index contributed by atoms with van der Waals surface area (Å²) in [6.45, 7) is 3.24. The number of aliphatic hydroxyl groups is 1. The zero-order valence-corrected chi connectivity index (χ0v) is 9.13. The van der Waals surface area contributed by atoms with Gasteiger partial charge in [0.25, 0.3) is 0 Å². The fourth-order valence-electron chi connectivity index (χ4n) is 1.96. The van der Waals surface area contributed by atoms with Crippen molar-refractivity contribution in [1.82, 2.24) is 10.3 Å². The minimum absolute atomic E-state index is 0.181. The van der Waals surface area contributed by atoms with E-state index < -0.39 is 6.10 Å². The second-order valence-electron chi connectivity index (χ2n) is 4.05. The molecule has 0 saturated carbocycles. The highest BCUT2D eigenvalue weighted by Gasteiger charge is 2.26. The van der Waals surface area contributed by atoms with Crippen molar-refractivity contribution in [2.75, 3.05) is 6.54 Å². The second-order valence-corrected chi connectivity index (χ2v) is 4.77. The highest BCUT2D eigenvalue weighted by Crippen LogP contribution is 2.25. The summed E-state index contributed by atoms with van der Waals surface area (Å²) in [6, 6.07) is 0.181. The quantitative estimate of drug-likeness (QED) is 0.782. The van der Waals surface area contributed by atoms with Crippen LogP contribution in [0.15, 0.2) is 10.9 Å². The molecule has 2 N–H and O–H groups in total. The van der Waals surface area contributed by atoms with E-state index >= 15 is 0 Å². The largest absolute Gasteiger partial charge is 0.385 e. The average molecular weight is 212 g/mol. The lowest BCUT2D eigenvalue weighted by molar-refractivity contribution is 0.0983. The minimum atomic E-state index is -0.441. The van der Waals surface area contributed by atoms with E-state index in [1.54, 1.807) is 5.51 Å². The molecule has 0 radical (unpaired) electrons. The van der Waals surface area contributed by atoms with E-state index in [0.29, 0.717) is 5.92 Å². The van der Waals surface area contributed by atoms with Crippen molar-refractivity contribution < 1.29 is 5.11 Å². The monoisotopic (exact) mass is 212 g/mol. The Morgan fingerprint density at radius 3 is 3.21 bits per heavy atom. The number of thiazole rings is 1. The number of nitrogens with zero attached hydrogens (tertiary/aromatic N) is 1. The van der Waals surface area contributed by atoms with Gasteiger partial charge in [0, 0.05) is 11.4 Å². The maximum Gasteiger partial charge on any atom is 0.112 e. The standard InChI is InChI=1S/C10H16N2OS/c1-7-2-3-11-8(4-7)10(13)9-5-14-6-12-9/h5-8,10-11,13H,2-4H2,1H3. The summed E-state index contributed by atoms with van der Waals surface area (Å²) in [5.74, 6) is 0.703. The van der Waals surface area contributed by atoms with Gasteiger partial charge in [0.05, 0.1) is 11.2 Å². The van der Waals surface area contributed by atoms with Gasteiger partial charge in [0.2, 0.25) is 0 Å². The fourth-order valence-corrected chi connectivity index (χ4v) is 2.55. The molecule has 3 unspecified atom stereocenters. The molecule has 4 heteroatoms. The van der Waals surface area contributed by atoms with E-state index in [1.807, 2.05) is 5.38 Å². The zero-order chi connectivity index (χ0) is 9.97. The smallest absolute Gasteiger partial charge is 0.112 e. The Bertz CT molecular complexity index is 276. The minimum Gasteiger partial charge on any atom is -0.385 e. The van der Waals surface area contributed by atoms with Crippen molar-refractivity contribution in [3.63, 3.8) is 0 Å². The number of nitrogens with one attached hydrogen (secondary N) is 1. The van der Waals surface area contributed by atoms with Crippen LogP contribution >= 0.6 is 11.3 Å². The number of aromatic nitrogens is 1. The molecule has 2 heterocycles. The van der Waals surface area contributed by atoms with Crippen LogP contribution in [0.4, 0.5) is 0 Å². The third-order valence-corrected chi connectivity index (χ3v) is 3.44. The maximum absolute atomic E-state index is 10.0. The number of rotatable bonds is 2. The summed E-state index contributed by atoms with van der Waals surface area (Å²) in [5, 5.41) is 15.3. The van der Waals surface area contributed by atoms with Gasteiger partial charge in [-0.3, -0.25) is 0 Å². The predicted molar refractivity (Wildman–Crippen MR) is 57.3 cm³/mol. The first kappa shape index (κ1) is 10.1. The SMILES string of the molecule is CC1CCNC(C(O)c2cscn2)C1. The van der Waals surface area contributed by atoms with Crippen LogP contribution in [0.3, 0.4) is 0 Å². The second kappa shape index (κ2) is 4.38. The van der Waals surface area contributed by atoms with E-state index in [0.717, 1.165) is 18.7 Å². The molecule has 1 aromatic rings. The van der Waals surface area contributed by atoms with Gasteiger partial charge in [0.15, 0.2) is 0 Å². The lowest BCUT2D eigenvalue weighted by Gasteiger charge is -2.30. The topological polar surface area (TPSA) is 45.1 Å². The van der Waals surface area contributed by atoms with Crippen LogP contribution in [0.5, 0.6) is 0 Å². The Labute approximate surface area is 88.2 Å². The van der Waals surface area contributed by atoms with Crippen LogP contribution in [0.1, 0.15) is 31.6 Å². The Morgan fingerprint density at radius 2 is 2.57 bits per heavy atom. The van der Waals surface area contributed by atoms with Crippen LogP contribution in [0.25, 0.3) is 0 Å². The van der Waals surface area contributed by atoms with Crippen LogP contribution in [0.2, 0.25) is 0 Å². The average Bonchev–Trinajstić information content (AvgIpc) is 2.69. The lowest BCUT2D eigenvalue weighted by atomic mass is 9.90. The first-order chi connectivity index (χ1) is 6.77. The van der Waals surface area contributed by atoms with Gasteiger partial charge in [-0.2, -0.15) is 0 Å². The molecular weight excluding hydrogens is 196 g/mol. The van der Waals surface area contributed by atoms with Crippen LogP contribution in [-0.2, 0) is 0 Å². The third-order valence-electron chi connectivity index (χ3n) is 2.84. The van der Waals surface area contributed by atoms with Crippen LogP contribution in [0, 0.1) is 5.92 Å². The molecule has 1 aromatic heterocycles. The molecule has 0 aliphatic carbocycles. The van der Waals surface area contributed by atoms with E-state index in [1.165, 1.54) is 17.8 Å². The van der Waals surface area contributed by atoms with Crippen LogP contribution in [-0.4, -0.2) is 22.7 Å². The van der Waals surface area contributed by atoms with Crippen molar-refractivity contribution >= 4 is 11.3 Å². The molecule has 0 bridgehead atoms. The van der Waals surface area contributed by atoms with Crippen molar-refractivity contribution in [3.8, 4) is 0 Å². The van der Waals surface area contributed by atoms with E-state index in [-0.39, 0.29) is 6.04 Å². The molecule has 1 aliphatic rings. The Kier molecular flexibility index (Phi) is 3.15. The highest BCUT2D eigenvalue weighted by molar-refractivity contribution is 7.07. The molecule has 1 aliphatic heterocycles. The lowest BCUT2D eigenvalue weighted by Crippen LogP contribution is -2.41. The van der Waals surface area contributed by atoms with Gasteiger partial charge in [-0.15, -0.1) is 11.3 Å². The molecule has 0 spiro atoms. The third kappa shape index (κ3) is 2.13. The zero-order valence-electron chi connectivity index (χ0n) is 8.31. The highest BCUT2D eigenvalue weighted by atomic mass is 32.1. The maximum atomic E-state index is 10.0. The predicted octanol–water partition coefficient (Wildman–Crippen LogP) is 1.56. The number of piperidine rings is 1. The summed E-state index contributed by atoms with van der Waals surface area (Å²) in [7, 11) is 0. The molecular formula is C10H16N2OS. The summed E-state index contributed by atoms with van der Waals surface area (Å²) in [4.78, 5) is 4.14. The number of hydrogen-bond donors (Lipinski definition) is 2. The molecule has 3 nitrogen and oxygen atoms in total. The molecule has 0 aromatic carbocycles. The summed E-state index contributed by atoms with van der Waals surface area (Å²) < 4.78 is 0. The van der Waals surface area contributed by atoms with Gasteiger partial charge in [-0.1, -0.05) is 6.92 Å². The van der Waals surface area contributed by atoms with Gasteiger partial charge in [0.1, 0.15) is 6.10 Å². The van der Waals surface area contributed by atoms with E-state index in [2.05, 4.69) is 17.2 Å². The van der Waals surface area contributed by atoms with Crippen LogP contribution < -0.4 is 5.32 Å². The first-order valence-corrected chi connectivity index (χ1v) is 6.01. The van der Waals surface area contributed by atoms with Crippen molar-refractivity contribution in [2.24, 2.45) is 5.92 Å². The molecule has 1 saturated heterocycles. The van der Waals surface area contributed by atoms with Gasteiger partial charge in [-0.05, 0) is 25.3 Å². The van der Waals surface area contributed by atoms with E-state index in [4.69, 9.17) is 0 Å². The van der Waals surface area contributed by atoms with Crippen molar-refractivity contribution in [3.05, 3.63) is 16.6 Å². The molecule has 0 amide bonds. The number of aliphatic hydroxyl groups excluding tert-OH is 1. The Hall–Kier alpha value is -0.450. The Morgan fingerprint density at radius 1 is 1.71 bits per heavy atom. The molecule has 1 fully saturated rings. The number of hydrogen-bond acceptors (Lipinski definition) is 4. The van der Waals surface area contributed by atoms with E-state index in [9.17, 15) is 5.11 Å².